The van der Waals surface area contributed by atoms with Crippen molar-refractivity contribution in [3.8, 4) is 5.75 Å². The van der Waals surface area contributed by atoms with Crippen molar-refractivity contribution in [1.82, 2.24) is 5.32 Å². The van der Waals surface area contributed by atoms with E-state index in [1.807, 2.05) is 24.3 Å². The standard InChI is InChI=1S/C18H20FNO/c19-17-6-2-1-4-13(17)10-11-20-18-7-3-5-14-12-15(21)8-9-16(14)18/h1-2,4,6,8-9,12,18,20-21H,3,5,7,10-11H2. The maximum atomic E-state index is 13.6. The van der Waals surface area contributed by atoms with Crippen molar-refractivity contribution in [2.75, 3.05) is 6.54 Å². The average molecular weight is 285 g/mol. The summed E-state index contributed by atoms with van der Waals surface area (Å²) in [5.41, 5.74) is 3.25. The Bertz CT molecular complexity index is 626. The van der Waals surface area contributed by atoms with Gasteiger partial charge < -0.3 is 10.4 Å². The van der Waals surface area contributed by atoms with Gasteiger partial charge in [0, 0.05) is 6.04 Å². The summed E-state index contributed by atoms with van der Waals surface area (Å²) in [6.45, 7) is 0.756. The van der Waals surface area contributed by atoms with E-state index in [0.29, 0.717) is 18.2 Å². The number of phenolic OH excluding ortho intramolecular Hbond substituents is 1. The normalized spacial score (nSPS) is 17.5. The van der Waals surface area contributed by atoms with Crippen LogP contribution in [0.5, 0.6) is 5.75 Å². The molecule has 0 fully saturated rings. The molecule has 1 atom stereocenters. The topological polar surface area (TPSA) is 32.3 Å². The van der Waals surface area contributed by atoms with E-state index in [4.69, 9.17) is 0 Å². The lowest BCUT2D eigenvalue weighted by Gasteiger charge is -2.26. The molecule has 3 heteroatoms. The molecule has 0 radical (unpaired) electrons. The fourth-order valence-electron chi connectivity index (χ4n) is 3.09. The quantitative estimate of drug-likeness (QED) is 0.897. The number of hydrogen-bond acceptors (Lipinski definition) is 2. The number of benzene rings is 2. The van der Waals surface area contributed by atoms with Crippen LogP contribution in [0, 0.1) is 5.82 Å². The molecule has 1 unspecified atom stereocenters. The summed E-state index contributed by atoms with van der Waals surface area (Å²) in [5, 5.41) is 13.1. The Morgan fingerprint density at radius 2 is 2.05 bits per heavy atom. The molecule has 3 rings (SSSR count). The minimum absolute atomic E-state index is 0.131. The van der Waals surface area contributed by atoms with Gasteiger partial charge in [-0.25, -0.2) is 4.39 Å². The largest absolute Gasteiger partial charge is 0.508 e. The fourth-order valence-corrected chi connectivity index (χ4v) is 3.09. The number of aryl methyl sites for hydroxylation is 1. The van der Waals surface area contributed by atoms with Crippen LogP contribution < -0.4 is 5.32 Å². The third-order valence-electron chi connectivity index (χ3n) is 4.18. The molecule has 2 N–H and O–H groups in total. The molecule has 110 valence electrons. The van der Waals surface area contributed by atoms with Crippen molar-refractivity contribution in [3.63, 3.8) is 0 Å². The van der Waals surface area contributed by atoms with Crippen LogP contribution in [-0.4, -0.2) is 11.7 Å². The monoisotopic (exact) mass is 285 g/mol. The zero-order valence-corrected chi connectivity index (χ0v) is 12.0. The highest BCUT2D eigenvalue weighted by Gasteiger charge is 2.19. The maximum Gasteiger partial charge on any atom is 0.126 e. The molecular weight excluding hydrogens is 265 g/mol. The van der Waals surface area contributed by atoms with Crippen LogP contribution in [0.1, 0.15) is 35.6 Å². The number of nitrogens with one attached hydrogen (secondary N) is 1. The summed E-state index contributed by atoms with van der Waals surface area (Å²) in [4.78, 5) is 0. The van der Waals surface area contributed by atoms with Crippen molar-refractivity contribution in [1.29, 1.82) is 0 Å². The minimum atomic E-state index is -0.131. The summed E-state index contributed by atoms with van der Waals surface area (Å²) in [6, 6.07) is 12.9. The first-order valence-corrected chi connectivity index (χ1v) is 7.52. The highest BCUT2D eigenvalue weighted by molar-refractivity contribution is 5.38. The molecule has 1 aliphatic rings. The second-order valence-corrected chi connectivity index (χ2v) is 5.62. The molecule has 2 nitrogen and oxygen atoms in total. The lowest BCUT2D eigenvalue weighted by Crippen LogP contribution is -2.27. The molecule has 0 aliphatic heterocycles. The molecule has 1 aliphatic carbocycles. The lowest BCUT2D eigenvalue weighted by atomic mass is 9.87. The van der Waals surface area contributed by atoms with E-state index in [2.05, 4.69) is 5.32 Å². The van der Waals surface area contributed by atoms with Gasteiger partial charge >= 0.3 is 0 Å². The van der Waals surface area contributed by atoms with Crippen LogP contribution in [0.4, 0.5) is 4.39 Å². The molecule has 0 saturated heterocycles. The Labute approximate surface area is 124 Å². The van der Waals surface area contributed by atoms with Crippen molar-refractivity contribution >= 4 is 0 Å². The van der Waals surface area contributed by atoms with Crippen LogP contribution >= 0.6 is 0 Å². The molecule has 2 aromatic rings. The van der Waals surface area contributed by atoms with Gasteiger partial charge in [-0.1, -0.05) is 24.3 Å². The van der Waals surface area contributed by atoms with Crippen molar-refractivity contribution in [2.24, 2.45) is 0 Å². The molecule has 0 amide bonds. The lowest BCUT2D eigenvalue weighted by molar-refractivity contribution is 0.450. The number of phenols is 1. The Morgan fingerprint density at radius 3 is 2.90 bits per heavy atom. The van der Waals surface area contributed by atoms with E-state index in [1.165, 1.54) is 17.2 Å². The first-order chi connectivity index (χ1) is 10.2. The van der Waals surface area contributed by atoms with Crippen molar-refractivity contribution < 1.29 is 9.50 Å². The Balaban J connectivity index is 1.63. The zero-order chi connectivity index (χ0) is 14.7. The smallest absolute Gasteiger partial charge is 0.126 e. The van der Waals surface area contributed by atoms with E-state index >= 15 is 0 Å². The number of halogens is 1. The zero-order valence-electron chi connectivity index (χ0n) is 12.0. The van der Waals surface area contributed by atoms with Crippen LogP contribution in [0.25, 0.3) is 0 Å². The third kappa shape index (κ3) is 3.24. The van der Waals surface area contributed by atoms with Crippen LogP contribution in [0.2, 0.25) is 0 Å². The molecule has 0 aromatic heterocycles. The second-order valence-electron chi connectivity index (χ2n) is 5.62. The number of rotatable bonds is 4. The molecule has 0 spiro atoms. The first kappa shape index (κ1) is 14.1. The summed E-state index contributed by atoms with van der Waals surface area (Å²) >= 11 is 0. The van der Waals surface area contributed by atoms with Gasteiger partial charge in [0.2, 0.25) is 0 Å². The van der Waals surface area contributed by atoms with E-state index in [1.54, 1.807) is 12.1 Å². The van der Waals surface area contributed by atoms with Crippen molar-refractivity contribution in [2.45, 2.75) is 31.7 Å². The summed E-state index contributed by atoms with van der Waals surface area (Å²) < 4.78 is 13.6. The SMILES string of the molecule is Oc1ccc2c(c1)CCCC2NCCc1ccccc1F. The Morgan fingerprint density at radius 1 is 1.19 bits per heavy atom. The van der Waals surface area contributed by atoms with E-state index in [-0.39, 0.29) is 5.82 Å². The van der Waals surface area contributed by atoms with Crippen LogP contribution in [0.3, 0.4) is 0 Å². The van der Waals surface area contributed by atoms with Gasteiger partial charge in [-0.05, 0) is 67.1 Å². The predicted octanol–water partition coefficient (Wildman–Crippen LogP) is 3.74. The highest BCUT2D eigenvalue weighted by Crippen LogP contribution is 2.31. The van der Waals surface area contributed by atoms with Gasteiger partial charge in [-0.3, -0.25) is 0 Å². The van der Waals surface area contributed by atoms with Crippen LogP contribution in [0.15, 0.2) is 42.5 Å². The van der Waals surface area contributed by atoms with E-state index in [0.717, 1.165) is 31.4 Å². The number of hydrogen-bond donors (Lipinski definition) is 2. The molecule has 0 bridgehead atoms. The summed E-state index contributed by atoms with van der Waals surface area (Å²) in [5.74, 6) is 0.203. The van der Waals surface area contributed by atoms with Gasteiger partial charge in [0.15, 0.2) is 0 Å². The van der Waals surface area contributed by atoms with Gasteiger partial charge in [0.05, 0.1) is 0 Å². The third-order valence-corrected chi connectivity index (χ3v) is 4.18. The number of aromatic hydroxyl groups is 1. The van der Waals surface area contributed by atoms with Gasteiger partial charge in [-0.15, -0.1) is 0 Å². The minimum Gasteiger partial charge on any atom is -0.508 e. The number of fused-ring (bicyclic) bond motifs is 1. The van der Waals surface area contributed by atoms with E-state index in [9.17, 15) is 9.50 Å². The van der Waals surface area contributed by atoms with E-state index < -0.39 is 0 Å². The first-order valence-electron chi connectivity index (χ1n) is 7.52. The molecule has 2 aromatic carbocycles. The second kappa shape index (κ2) is 6.27. The highest BCUT2D eigenvalue weighted by atomic mass is 19.1. The van der Waals surface area contributed by atoms with Crippen molar-refractivity contribution in [3.05, 3.63) is 65.0 Å². The Hall–Kier alpha value is -1.87. The molecule has 21 heavy (non-hydrogen) atoms. The Kier molecular flexibility index (Phi) is 4.20. The fraction of sp³-hybridized carbons (Fsp3) is 0.333. The van der Waals surface area contributed by atoms with Crippen LogP contribution in [-0.2, 0) is 12.8 Å². The summed E-state index contributed by atoms with van der Waals surface area (Å²) in [6.07, 6.45) is 3.93. The molecule has 0 heterocycles. The average Bonchev–Trinajstić information content (AvgIpc) is 2.49. The maximum absolute atomic E-state index is 13.6. The van der Waals surface area contributed by atoms with Gasteiger partial charge in [0.25, 0.3) is 0 Å². The molecule has 0 saturated carbocycles. The van der Waals surface area contributed by atoms with Gasteiger partial charge in [0.1, 0.15) is 11.6 Å². The summed E-state index contributed by atoms with van der Waals surface area (Å²) in [7, 11) is 0. The predicted molar refractivity (Wildman–Crippen MR) is 81.9 cm³/mol. The molecular formula is C18H20FNO. The van der Waals surface area contributed by atoms with Gasteiger partial charge in [-0.2, -0.15) is 0 Å².